The SMILES string of the molecule is Cc1ccc(N2NC(=O)/C(=C\c3cccc([N+](=O)[O-])c3)C2=O)cc1Cl. The molecule has 0 aliphatic carbocycles. The van der Waals surface area contributed by atoms with Crippen molar-refractivity contribution >= 4 is 40.9 Å². The monoisotopic (exact) mass is 357 g/mol. The molecule has 2 amide bonds. The first kappa shape index (κ1) is 16.7. The highest BCUT2D eigenvalue weighted by Crippen LogP contribution is 2.26. The van der Waals surface area contributed by atoms with Gasteiger partial charge in [0.1, 0.15) is 5.57 Å². The van der Waals surface area contributed by atoms with Gasteiger partial charge in [0, 0.05) is 17.2 Å². The standard InChI is InChI=1S/C17H12ClN3O4/c1-10-5-6-12(9-15(10)18)20-17(23)14(16(22)19-20)8-11-3-2-4-13(7-11)21(24)25/h2-9H,1H3,(H,19,22)/b14-8+. The van der Waals surface area contributed by atoms with Gasteiger partial charge in [0.05, 0.1) is 10.6 Å². The second kappa shape index (κ2) is 6.37. The zero-order valence-corrected chi connectivity index (χ0v) is 13.8. The molecule has 1 aliphatic heterocycles. The van der Waals surface area contributed by atoms with Gasteiger partial charge in [-0.15, -0.1) is 0 Å². The van der Waals surface area contributed by atoms with Gasteiger partial charge in [-0.05, 0) is 36.3 Å². The number of benzene rings is 2. The van der Waals surface area contributed by atoms with Gasteiger partial charge in [-0.2, -0.15) is 0 Å². The van der Waals surface area contributed by atoms with E-state index < -0.39 is 16.7 Å². The van der Waals surface area contributed by atoms with Gasteiger partial charge in [0.15, 0.2) is 0 Å². The molecule has 0 spiro atoms. The summed E-state index contributed by atoms with van der Waals surface area (Å²) < 4.78 is 0. The van der Waals surface area contributed by atoms with Gasteiger partial charge in [-0.3, -0.25) is 25.1 Å². The normalized spacial score (nSPS) is 15.6. The molecule has 2 aromatic carbocycles. The average molecular weight is 358 g/mol. The number of hydrogen-bond acceptors (Lipinski definition) is 4. The summed E-state index contributed by atoms with van der Waals surface area (Å²) in [5.41, 5.74) is 3.88. The molecule has 1 saturated heterocycles. The van der Waals surface area contributed by atoms with E-state index in [-0.39, 0.29) is 11.3 Å². The number of amides is 2. The first-order valence-corrected chi connectivity index (χ1v) is 7.62. The third-order valence-corrected chi connectivity index (χ3v) is 4.10. The Morgan fingerprint density at radius 2 is 1.96 bits per heavy atom. The summed E-state index contributed by atoms with van der Waals surface area (Å²) in [5, 5.41) is 12.4. The van der Waals surface area contributed by atoms with E-state index >= 15 is 0 Å². The number of nitro groups is 1. The van der Waals surface area contributed by atoms with Gasteiger partial charge in [0.25, 0.3) is 17.5 Å². The number of nitrogens with one attached hydrogen (secondary N) is 1. The van der Waals surface area contributed by atoms with Gasteiger partial charge < -0.3 is 0 Å². The largest absolute Gasteiger partial charge is 0.282 e. The fourth-order valence-corrected chi connectivity index (χ4v) is 2.53. The molecule has 0 radical (unpaired) electrons. The lowest BCUT2D eigenvalue weighted by atomic mass is 10.1. The number of aryl methyl sites for hydroxylation is 1. The molecule has 8 heteroatoms. The van der Waals surface area contributed by atoms with Crippen molar-refractivity contribution in [1.29, 1.82) is 0 Å². The number of hydrazine groups is 1. The molecule has 1 aliphatic rings. The zero-order valence-electron chi connectivity index (χ0n) is 13.0. The number of halogens is 1. The first-order chi connectivity index (χ1) is 11.9. The van der Waals surface area contributed by atoms with E-state index in [0.29, 0.717) is 16.3 Å². The molecular weight excluding hydrogens is 346 g/mol. The Hall–Kier alpha value is -3.19. The molecular formula is C17H12ClN3O4. The van der Waals surface area contributed by atoms with Gasteiger partial charge in [-0.1, -0.05) is 29.8 Å². The molecule has 0 bridgehead atoms. The Morgan fingerprint density at radius 3 is 2.64 bits per heavy atom. The zero-order chi connectivity index (χ0) is 18.1. The summed E-state index contributed by atoms with van der Waals surface area (Å²) in [6, 6.07) is 10.7. The number of carbonyl (C=O) groups excluding carboxylic acids is 2. The van der Waals surface area contributed by atoms with Crippen molar-refractivity contribution in [3.05, 3.63) is 74.3 Å². The van der Waals surface area contributed by atoms with Gasteiger partial charge >= 0.3 is 0 Å². The molecule has 1 fully saturated rings. The molecule has 0 atom stereocenters. The van der Waals surface area contributed by atoms with Crippen molar-refractivity contribution in [2.75, 3.05) is 5.01 Å². The minimum Gasteiger partial charge on any atom is -0.267 e. The lowest BCUT2D eigenvalue weighted by molar-refractivity contribution is -0.384. The van der Waals surface area contributed by atoms with Crippen LogP contribution in [0.4, 0.5) is 11.4 Å². The van der Waals surface area contributed by atoms with Crippen molar-refractivity contribution in [2.45, 2.75) is 6.92 Å². The Labute approximate surface area is 147 Å². The number of non-ortho nitro benzene ring substituents is 1. The number of nitro benzene ring substituents is 1. The first-order valence-electron chi connectivity index (χ1n) is 7.24. The van der Waals surface area contributed by atoms with E-state index in [9.17, 15) is 19.7 Å². The minimum atomic E-state index is -0.590. The molecule has 25 heavy (non-hydrogen) atoms. The van der Waals surface area contributed by atoms with Crippen molar-refractivity contribution < 1.29 is 14.5 Å². The highest BCUT2D eigenvalue weighted by molar-refractivity contribution is 6.33. The minimum absolute atomic E-state index is 0.114. The molecule has 2 aromatic rings. The highest BCUT2D eigenvalue weighted by atomic mass is 35.5. The smallest absolute Gasteiger partial charge is 0.267 e. The second-order valence-electron chi connectivity index (χ2n) is 5.43. The maximum atomic E-state index is 12.5. The van der Waals surface area contributed by atoms with Crippen molar-refractivity contribution in [1.82, 2.24) is 5.43 Å². The van der Waals surface area contributed by atoms with Crippen molar-refractivity contribution in [3.63, 3.8) is 0 Å². The van der Waals surface area contributed by atoms with E-state index in [0.717, 1.165) is 10.6 Å². The summed E-state index contributed by atoms with van der Waals surface area (Å²) in [6.07, 6.45) is 1.32. The third kappa shape index (κ3) is 3.22. The van der Waals surface area contributed by atoms with Crippen molar-refractivity contribution in [2.24, 2.45) is 0 Å². The van der Waals surface area contributed by atoms with Gasteiger partial charge in [0.2, 0.25) is 0 Å². The molecule has 0 unspecified atom stereocenters. The van der Waals surface area contributed by atoms with Crippen LogP contribution in [0.2, 0.25) is 5.02 Å². The predicted octanol–water partition coefficient (Wildman–Crippen LogP) is 3.02. The van der Waals surface area contributed by atoms with Crippen LogP contribution in [0.5, 0.6) is 0 Å². The molecule has 1 heterocycles. The van der Waals surface area contributed by atoms with Crippen LogP contribution in [0.1, 0.15) is 11.1 Å². The van der Waals surface area contributed by atoms with Gasteiger partial charge in [-0.25, -0.2) is 5.01 Å². The number of nitrogens with zero attached hydrogens (tertiary/aromatic N) is 2. The number of anilines is 1. The van der Waals surface area contributed by atoms with Crippen LogP contribution in [0, 0.1) is 17.0 Å². The molecule has 0 saturated carbocycles. The van der Waals surface area contributed by atoms with Crippen LogP contribution in [-0.4, -0.2) is 16.7 Å². The van der Waals surface area contributed by atoms with E-state index in [1.54, 1.807) is 24.3 Å². The maximum absolute atomic E-state index is 12.5. The van der Waals surface area contributed by atoms with Crippen LogP contribution >= 0.6 is 11.6 Å². The van der Waals surface area contributed by atoms with E-state index in [4.69, 9.17) is 11.6 Å². The average Bonchev–Trinajstić information content (AvgIpc) is 2.86. The van der Waals surface area contributed by atoms with E-state index in [1.807, 2.05) is 6.92 Å². The second-order valence-corrected chi connectivity index (χ2v) is 5.83. The van der Waals surface area contributed by atoms with Crippen LogP contribution in [0.3, 0.4) is 0 Å². The Balaban J connectivity index is 1.94. The Morgan fingerprint density at radius 1 is 1.20 bits per heavy atom. The summed E-state index contributed by atoms with van der Waals surface area (Å²) in [6.45, 7) is 1.82. The number of carbonyl (C=O) groups is 2. The van der Waals surface area contributed by atoms with E-state index in [1.165, 1.54) is 24.3 Å². The molecule has 3 rings (SSSR count). The summed E-state index contributed by atoms with van der Waals surface area (Å²) >= 11 is 6.06. The van der Waals surface area contributed by atoms with Crippen LogP contribution in [0.15, 0.2) is 48.0 Å². The molecule has 7 nitrogen and oxygen atoms in total. The lowest BCUT2D eigenvalue weighted by Crippen LogP contribution is -2.35. The van der Waals surface area contributed by atoms with Crippen molar-refractivity contribution in [3.8, 4) is 0 Å². The van der Waals surface area contributed by atoms with Crippen LogP contribution in [-0.2, 0) is 9.59 Å². The Kier molecular flexibility index (Phi) is 4.24. The third-order valence-electron chi connectivity index (χ3n) is 3.70. The summed E-state index contributed by atoms with van der Waals surface area (Å²) in [4.78, 5) is 35.0. The van der Waals surface area contributed by atoms with Crippen LogP contribution in [0.25, 0.3) is 6.08 Å². The topological polar surface area (TPSA) is 92.6 Å². The number of hydrogen-bond donors (Lipinski definition) is 1. The summed E-state index contributed by atoms with van der Waals surface area (Å²) in [7, 11) is 0. The quantitative estimate of drug-likeness (QED) is 0.395. The Bertz CT molecular complexity index is 939. The number of rotatable bonds is 3. The molecule has 0 aromatic heterocycles. The highest BCUT2D eigenvalue weighted by Gasteiger charge is 2.34. The van der Waals surface area contributed by atoms with E-state index in [2.05, 4.69) is 5.43 Å². The predicted molar refractivity (Wildman–Crippen MR) is 92.9 cm³/mol. The fourth-order valence-electron chi connectivity index (χ4n) is 2.35. The molecule has 126 valence electrons. The molecule has 1 N–H and O–H groups in total. The lowest BCUT2D eigenvalue weighted by Gasteiger charge is -2.15. The summed E-state index contributed by atoms with van der Waals surface area (Å²) in [5.74, 6) is -1.15. The van der Waals surface area contributed by atoms with Crippen LogP contribution < -0.4 is 10.4 Å². The fraction of sp³-hybridized carbons (Fsp3) is 0.0588. The maximum Gasteiger partial charge on any atom is 0.282 e.